The van der Waals surface area contributed by atoms with Crippen molar-refractivity contribution in [3.8, 4) is 0 Å². The zero-order valence-electron chi connectivity index (χ0n) is 11.4. The van der Waals surface area contributed by atoms with Crippen LogP contribution in [0.5, 0.6) is 0 Å². The van der Waals surface area contributed by atoms with E-state index in [0.29, 0.717) is 18.5 Å². The quantitative estimate of drug-likeness (QED) is 0.775. The van der Waals surface area contributed by atoms with Gasteiger partial charge in [-0.3, -0.25) is 5.32 Å². The van der Waals surface area contributed by atoms with E-state index in [1.165, 1.54) is 0 Å². The lowest BCUT2D eigenvalue weighted by Crippen LogP contribution is -2.32. The maximum atomic E-state index is 13.0. The Morgan fingerprint density at radius 2 is 1.78 bits per heavy atom. The Hall–Kier alpha value is -1.13. The van der Waals surface area contributed by atoms with E-state index in [1.54, 1.807) is 27.7 Å². The summed E-state index contributed by atoms with van der Waals surface area (Å²) in [5, 5.41) is 2.61. The number of nitrogens with one attached hydrogen (secondary N) is 1. The number of alkyl carbamates (subject to hydrolysis) is 1. The molecule has 0 aromatic rings. The molecule has 1 aliphatic carbocycles. The molecule has 18 heavy (non-hydrogen) atoms. The molecule has 1 N–H and O–H groups in total. The van der Waals surface area contributed by atoms with Crippen molar-refractivity contribution < 1.29 is 18.3 Å². The van der Waals surface area contributed by atoms with E-state index in [9.17, 15) is 13.6 Å². The molecule has 0 saturated heterocycles. The SMILES string of the molecule is CC(NC(=O)OC(C)(C)C)=C1CCC(F)(F)CC1. The first-order chi connectivity index (χ1) is 8.09. The molecule has 1 aliphatic rings. The highest BCUT2D eigenvalue weighted by Gasteiger charge is 2.33. The maximum absolute atomic E-state index is 13.0. The molecule has 0 unspecified atom stereocenters. The number of hydrogen-bond acceptors (Lipinski definition) is 2. The predicted molar refractivity (Wildman–Crippen MR) is 65.5 cm³/mol. The fraction of sp³-hybridized carbons (Fsp3) is 0.769. The van der Waals surface area contributed by atoms with Gasteiger partial charge in [0.05, 0.1) is 0 Å². The van der Waals surface area contributed by atoms with Crippen molar-refractivity contribution in [2.75, 3.05) is 0 Å². The first-order valence-electron chi connectivity index (χ1n) is 6.15. The summed E-state index contributed by atoms with van der Waals surface area (Å²) in [7, 11) is 0. The number of ether oxygens (including phenoxy) is 1. The number of rotatable bonds is 1. The zero-order valence-corrected chi connectivity index (χ0v) is 11.4. The van der Waals surface area contributed by atoms with Crippen LogP contribution in [0.15, 0.2) is 11.3 Å². The third-order valence-electron chi connectivity index (χ3n) is 2.80. The van der Waals surface area contributed by atoms with Crippen molar-refractivity contribution in [3.63, 3.8) is 0 Å². The maximum Gasteiger partial charge on any atom is 0.411 e. The molecule has 0 aromatic carbocycles. The van der Waals surface area contributed by atoms with E-state index < -0.39 is 17.6 Å². The van der Waals surface area contributed by atoms with E-state index in [1.807, 2.05) is 0 Å². The summed E-state index contributed by atoms with van der Waals surface area (Å²) in [5.41, 5.74) is 0.959. The van der Waals surface area contributed by atoms with E-state index in [2.05, 4.69) is 5.32 Å². The second kappa shape index (κ2) is 5.24. The minimum Gasteiger partial charge on any atom is -0.444 e. The van der Waals surface area contributed by atoms with Gasteiger partial charge in [0.2, 0.25) is 5.92 Å². The van der Waals surface area contributed by atoms with Gasteiger partial charge in [0.15, 0.2) is 0 Å². The lowest BCUT2D eigenvalue weighted by molar-refractivity contribution is -0.0248. The van der Waals surface area contributed by atoms with Gasteiger partial charge in [-0.2, -0.15) is 0 Å². The third-order valence-corrected chi connectivity index (χ3v) is 2.80. The van der Waals surface area contributed by atoms with Crippen molar-refractivity contribution in [1.82, 2.24) is 5.32 Å². The Labute approximate surface area is 107 Å². The van der Waals surface area contributed by atoms with Gasteiger partial charge in [-0.1, -0.05) is 5.57 Å². The van der Waals surface area contributed by atoms with Gasteiger partial charge in [0, 0.05) is 18.5 Å². The van der Waals surface area contributed by atoms with Crippen molar-refractivity contribution in [2.45, 2.75) is 64.9 Å². The topological polar surface area (TPSA) is 38.3 Å². The average Bonchev–Trinajstić information content (AvgIpc) is 2.13. The van der Waals surface area contributed by atoms with Crippen LogP contribution in [0.4, 0.5) is 13.6 Å². The highest BCUT2D eigenvalue weighted by molar-refractivity contribution is 5.70. The van der Waals surface area contributed by atoms with Crippen molar-refractivity contribution in [2.24, 2.45) is 0 Å². The largest absolute Gasteiger partial charge is 0.444 e. The first-order valence-corrected chi connectivity index (χ1v) is 6.15. The van der Waals surface area contributed by atoms with Gasteiger partial charge in [-0.15, -0.1) is 0 Å². The van der Waals surface area contributed by atoms with Crippen molar-refractivity contribution >= 4 is 6.09 Å². The summed E-state index contributed by atoms with van der Waals surface area (Å²) in [6.07, 6.45) is -0.168. The van der Waals surface area contributed by atoms with E-state index >= 15 is 0 Å². The monoisotopic (exact) mass is 261 g/mol. The van der Waals surface area contributed by atoms with E-state index in [-0.39, 0.29) is 12.8 Å². The van der Waals surface area contributed by atoms with Crippen LogP contribution >= 0.6 is 0 Å². The van der Waals surface area contributed by atoms with Crippen LogP contribution in [-0.2, 0) is 4.74 Å². The number of hydrogen-bond donors (Lipinski definition) is 1. The lowest BCUT2D eigenvalue weighted by atomic mass is 9.91. The molecule has 0 aromatic heterocycles. The normalized spacial score (nSPS) is 19.3. The van der Waals surface area contributed by atoms with Crippen LogP contribution < -0.4 is 5.32 Å². The van der Waals surface area contributed by atoms with Crippen LogP contribution in [0.2, 0.25) is 0 Å². The van der Waals surface area contributed by atoms with Crippen LogP contribution in [0, 0.1) is 0 Å². The number of allylic oxidation sites excluding steroid dienone is 2. The van der Waals surface area contributed by atoms with Crippen LogP contribution in [0.3, 0.4) is 0 Å². The lowest BCUT2D eigenvalue weighted by Gasteiger charge is -2.25. The van der Waals surface area contributed by atoms with Crippen LogP contribution in [0.25, 0.3) is 0 Å². The Bertz CT molecular complexity index is 344. The molecule has 104 valence electrons. The highest BCUT2D eigenvalue weighted by Crippen LogP contribution is 2.36. The molecule has 0 atom stereocenters. The van der Waals surface area contributed by atoms with Gasteiger partial charge >= 0.3 is 6.09 Å². The Morgan fingerprint density at radius 1 is 1.28 bits per heavy atom. The summed E-state index contributed by atoms with van der Waals surface area (Å²) >= 11 is 0. The molecule has 1 rings (SSSR count). The number of halogens is 2. The molecule has 0 heterocycles. The van der Waals surface area contributed by atoms with Gasteiger partial charge in [-0.05, 0) is 40.5 Å². The summed E-state index contributed by atoms with van der Waals surface area (Å²) in [6.45, 7) is 7.05. The van der Waals surface area contributed by atoms with Gasteiger partial charge in [0.25, 0.3) is 0 Å². The van der Waals surface area contributed by atoms with Gasteiger partial charge < -0.3 is 4.74 Å². The predicted octanol–water partition coefficient (Wildman–Crippen LogP) is 3.99. The summed E-state index contributed by atoms with van der Waals surface area (Å²) in [6, 6.07) is 0. The Morgan fingerprint density at radius 3 is 2.22 bits per heavy atom. The molecular formula is C13H21F2NO2. The second-order valence-electron chi connectivity index (χ2n) is 5.71. The third kappa shape index (κ3) is 5.02. The summed E-state index contributed by atoms with van der Waals surface area (Å²) in [4.78, 5) is 11.5. The Balaban J connectivity index is 2.55. The summed E-state index contributed by atoms with van der Waals surface area (Å²) < 4.78 is 31.1. The molecule has 0 radical (unpaired) electrons. The number of alkyl halides is 2. The minimum atomic E-state index is -2.56. The average molecular weight is 261 g/mol. The molecule has 1 amide bonds. The van der Waals surface area contributed by atoms with Gasteiger partial charge in [0.1, 0.15) is 5.60 Å². The fourth-order valence-electron chi connectivity index (χ4n) is 1.84. The smallest absolute Gasteiger partial charge is 0.411 e. The van der Waals surface area contributed by atoms with E-state index in [4.69, 9.17) is 4.74 Å². The standard InChI is InChI=1S/C13H21F2NO2/c1-9(16-11(17)18-12(2,3)4)10-5-7-13(14,15)8-6-10/h5-8H2,1-4H3,(H,16,17). The molecule has 5 heteroatoms. The number of carbonyl (C=O) groups excluding carboxylic acids is 1. The molecular weight excluding hydrogens is 240 g/mol. The number of amides is 1. The van der Waals surface area contributed by atoms with Crippen LogP contribution in [-0.4, -0.2) is 17.6 Å². The first kappa shape index (κ1) is 14.9. The Kier molecular flexibility index (Phi) is 4.35. The molecule has 1 fully saturated rings. The molecule has 0 spiro atoms. The summed E-state index contributed by atoms with van der Waals surface area (Å²) in [5.74, 6) is -2.56. The number of carbonyl (C=O) groups is 1. The van der Waals surface area contributed by atoms with Crippen molar-refractivity contribution in [3.05, 3.63) is 11.3 Å². The minimum absolute atomic E-state index is 0.143. The molecule has 0 bridgehead atoms. The van der Waals surface area contributed by atoms with Gasteiger partial charge in [-0.25, -0.2) is 13.6 Å². The zero-order chi connectivity index (χ0) is 14.0. The molecule has 0 aliphatic heterocycles. The second-order valence-corrected chi connectivity index (χ2v) is 5.71. The molecule has 1 saturated carbocycles. The van der Waals surface area contributed by atoms with Crippen LogP contribution in [0.1, 0.15) is 53.4 Å². The molecule has 3 nitrogen and oxygen atoms in total. The highest BCUT2D eigenvalue weighted by atomic mass is 19.3. The fourth-order valence-corrected chi connectivity index (χ4v) is 1.84. The van der Waals surface area contributed by atoms with Crippen molar-refractivity contribution in [1.29, 1.82) is 0 Å². The van der Waals surface area contributed by atoms with E-state index in [0.717, 1.165) is 5.57 Å².